The summed E-state index contributed by atoms with van der Waals surface area (Å²) in [7, 11) is 5.29. The van der Waals surface area contributed by atoms with Crippen LogP contribution in [0.4, 0.5) is 11.4 Å². The van der Waals surface area contributed by atoms with Crippen molar-refractivity contribution in [3.05, 3.63) is 53.2 Å². The molecule has 30 heavy (non-hydrogen) atoms. The Balaban J connectivity index is 1.62. The van der Waals surface area contributed by atoms with E-state index in [2.05, 4.69) is 33.5 Å². The number of nitrogens with zero attached hydrogens (tertiary/aromatic N) is 2. The van der Waals surface area contributed by atoms with Crippen molar-refractivity contribution in [1.82, 2.24) is 10.2 Å². The van der Waals surface area contributed by atoms with Gasteiger partial charge < -0.3 is 19.7 Å². The number of H-pyrrole nitrogens is 1. The molecular weight excluding hydrogens is 380 g/mol. The molecule has 3 aromatic rings. The van der Waals surface area contributed by atoms with E-state index in [-0.39, 0.29) is 5.91 Å². The molecule has 0 atom stereocenters. The fourth-order valence-electron chi connectivity index (χ4n) is 3.91. The van der Waals surface area contributed by atoms with E-state index < -0.39 is 0 Å². The van der Waals surface area contributed by atoms with E-state index >= 15 is 0 Å². The Kier molecular flexibility index (Phi) is 5.35. The van der Waals surface area contributed by atoms with Crippen molar-refractivity contribution < 1.29 is 14.3 Å². The molecule has 0 radical (unpaired) electrons. The minimum absolute atomic E-state index is 0.230. The highest BCUT2D eigenvalue weighted by atomic mass is 16.5. The van der Waals surface area contributed by atoms with Gasteiger partial charge in [0.2, 0.25) is 0 Å². The van der Waals surface area contributed by atoms with Crippen molar-refractivity contribution in [1.29, 1.82) is 0 Å². The number of aryl methyl sites for hydroxylation is 1. The number of carbonyl (C=O) groups excluding carboxylic acids is 1. The van der Waals surface area contributed by atoms with Crippen LogP contribution in [0.2, 0.25) is 0 Å². The van der Waals surface area contributed by atoms with E-state index in [1.54, 1.807) is 14.2 Å². The summed E-state index contributed by atoms with van der Waals surface area (Å²) in [5.41, 5.74) is 5.83. The highest BCUT2D eigenvalue weighted by Crippen LogP contribution is 2.35. The summed E-state index contributed by atoms with van der Waals surface area (Å²) in [5, 5.41) is 10.3. The van der Waals surface area contributed by atoms with Gasteiger partial charge in [-0.2, -0.15) is 5.10 Å². The first-order valence-electron chi connectivity index (χ1n) is 9.94. The molecule has 0 saturated carbocycles. The monoisotopic (exact) mass is 406 g/mol. The largest absolute Gasteiger partial charge is 0.497 e. The van der Waals surface area contributed by atoms with Gasteiger partial charge in [-0.05, 0) is 55.7 Å². The van der Waals surface area contributed by atoms with Crippen LogP contribution in [-0.4, -0.2) is 43.9 Å². The van der Waals surface area contributed by atoms with E-state index in [0.717, 1.165) is 36.2 Å². The van der Waals surface area contributed by atoms with Crippen LogP contribution in [0.5, 0.6) is 11.5 Å². The first-order valence-corrected chi connectivity index (χ1v) is 9.94. The molecule has 4 rings (SSSR count). The summed E-state index contributed by atoms with van der Waals surface area (Å²) in [5.74, 6) is 1.12. The number of aromatic amines is 1. The molecule has 7 heteroatoms. The van der Waals surface area contributed by atoms with Crippen molar-refractivity contribution in [2.24, 2.45) is 0 Å². The Hall–Kier alpha value is -3.48. The van der Waals surface area contributed by atoms with Crippen LogP contribution in [0.1, 0.15) is 28.0 Å². The Morgan fingerprint density at radius 2 is 2.00 bits per heavy atom. The summed E-state index contributed by atoms with van der Waals surface area (Å²) in [6.45, 7) is 2.89. The predicted molar refractivity (Wildman–Crippen MR) is 118 cm³/mol. The molecule has 0 unspecified atom stereocenters. The highest BCUT2D eigenvalue weighted by Gasteiger charge is 2.21. The maximum absolute atomic E-state index is 13.0. The average Bonchev–Trinajstić information content (AvgIpc) is 3.15. The van der Waals surface area contributed by atoms with Crippen molar-refractivity contribution in [3.63, 3.8) is 0 Å². The van der Waals surface area contributed by atoms with Crippen LogP contribution in [-0.2, 0) is 6.42 Å². The molecule has 0 fully saturated rings. The van der Waals surface area contributed by atoms with Gasteiger partial charge in [-0.15, -0.1) is 0 Å². The van der Waals surface area contributed by atoms with Gasteiger partial charge in [0.15, 0.2) is 0 Å². The smallest absolute Gasteiger partial charge is 0.273 e. The second-order valence-corrected chi connectivity index (χ2v) is 7.46. The minimum atomic E-state index is -0.230. The lowest BCUT2D eigenvalue weighted by Crippen LogP contribution is -2.25. The maximum atomic E-state index is 13.0. The number of anilines is 2. The van der Waals surface area contributed by atoms with Crippen LogP contribution in [0.15, 0.2) is 36.4 Å². The van der Waals surface area contributed by atoms with E-state index in [1.807, 2.05) is 37.3 Å². The quantitative estimate of drug-likeness (QED) is 0.669. The summed E-state index contributed by atoms with van der Waals surface area (Å²) in [4.78, 5) is 15.2. The van der Waals surface area contributed by atoms with Gasteiger partial charge in [0.05, 0.1) is 19.9 Å². The molecule has 7 nitrogen and oxygen atoms in total. The molecule has 0 bridgehead atoms. The number of methoxy groups -OCH3 is 2. The van der Waals surface area contributed by atoms with Crippen LogP contribution >= 0.6 is 0 Å². The third-order valence-corrected chi connectivity index (χ3v) is 5.59. The van der Waals surface area contributed by atoms with Crippen LogP contribution in [0.25, 0.3) is 11.3 Å². The summed E-state index contributed by atoms with van der Waals surface area (Å²) in [6.07, 6.45) is 2.22. The third kappa shape index (κ3) is 3.58. The van der Waals surface area contributed by atoms with E-state index in [1.165, 1.54) is 11.3 Å². The lowest BCUT2D eigenvalue weighted by Gasteiger charge is -2.28. The maximum Gasteiger partial charge on any atom is 0.273 e. The number of ether oxygens (including phenoxy) is 2. The average molecular weight is 406 g/mol. The van der Waals surface area contributed by atoms with E-state index in [4.69, 9.17) is 9.47 Å². The van der Waals surface area contributed by atoms with Crippen molar-refractivity contribution in [2.75, 3.05) is 38.0 Å². The van der Waals surface area contributed by atoms with Gasteiger partial charge in [-0.25, -0.2) is 0 Å². The summed E-state index contributed by atoms with van der Waals surface area (Å²) < 4.78 is 10.8. The molecular formula is C23H26N4O3. The zero-order valence-corrected chi connectivity index (χ0v) is 17.7. The second kappa shape index (κ2) is 8.10. The Morgan fingerprint density at radius 1 is 1.17 bits per heavy atom. The van der Waals surface area contributed by atoms with Gasteiger partial charge in [-0.1, -0.05) is 6.07 Å². The number of nitrogens with one attached hydrogen (secondary N) is 2. The first-order chi connectivity index (χ1) is 14.5. The lowest BCUT2D eigenvalue weighted by atomic mass is 10.0. The number of amides is 1. The molecule has 1 aliphatic heterocycles. The zero-order chi connectivity index (χ0) is 21.3. The predicted octanol–water partition coefficient (Wildman–Crippen LogP) is 4.04. The number of hydrogen-bond donors (Lipinski definition) is 2. The Morgan fingerprint density at radius 3 is 2.77 bits per heavy atom. The van der Waals surface area contributed by atoms with Crippen LogP contribution < -0.4 is 19.7 Å². The molecule has 0 aliphatic carbocycles. The Bertz CT molecular complexity index is 1090. The molecule has 0 saturated heterocycles. The highest BCUT2D eigenvalue weighted by molar-refractivity contribution is 6.05. The fourth-order valence-corrected chi connectivity index (χ4v) is 3.91. The van der Waals surface area contributed by atoms with Crippen LogP contribution in [0.3, 0.4) is 0 Å². The third-order valence-electron chi connectivity index (χ3n) is 5.59. The fraction of sp³-hybridized carbons (Fsp3) is 0.304. The van der Waals surface area contributed by atoms with Crippen molar-refractivity contribution in [2.45, 2.75) is 19.8 Å². The molecule has 156 valence electrons. The number of benzene rings is 2. The molecule has 2 N–H and O–H groups in total. The minimum Gasteiger partial charge on any atom is -0.497 e. The van der Waals surface area contributed by atoms with E-state index in [0.29, 0.717) is 22.9 Å². The summed E-state index contributed by atoms with van der Waals surface area (Å²) >= 11 is 0. The van der Waals surface area contributed by atoms with Crippen molar-refractivity contribution in [3.8, 4) is 22.8 Å². The number of rotatable bonds is 5. The van der Waals surface area contributed by atoms with Gasteiger partial charge in [0.1, 0.15) is 17.2 Å². The zero-order valence-electron chi connectivity index (χ0n) is 17.7. The lowest BCUT2D eigenvalue weighted by molar-refractivity contribution is 0.102. The SMILES string of the molecule is COc1ccc(OC)c(-c2n[nH]c(C(=O)Nc3ccc4c(c3)N(C)CCC4)c2C)c1. The van der Waals surface area contributed by atoms with Gasteiger partial charge in [0.25, 0.3) is 5.91 Å². The van der Waals surface area contributed by atoms with Gasteiger partial charge in [-0.3, -0.25) is 9.89 Å². The normalized spacial score (nSPS) is 13.0. The van der Waals surface area contributed by atoms with Gasteiger partial charge >= 0.3 is 0 Å². The Labute approximate surface area is 176 Å². The van der Waals surface area contributed by atoms with Crippen molar-refractivity contribution >= 4 is 17.3 Å². The number of fused-ring (bicyclic) bond motifs is 1. The number of aromatic nitrogens is 2. The second-order valence-electron chi connectivity index (χ2n) is 7.46. The molecule has 2 heterocycles. The number of carbonyl (C=O) groups is 1. The van der Waals surface area contributed by atoms with Crippen LogP contribution in [0, 0.1) is 6.92 Å². The summed E-state index contributed by atoms with van der Waals surface area (Å²) in [6, 6.07) is 11.6. The van der Waals surface area contributed by atoms with E-state index in [9.17, 15) is 4.79 Å². The first kappa shape index (κ1) is 19.8. The topological polar surface area (TPSA) is 79.5 Å². The molecule has 1 amide bonds. The molecule has 1 aliphatic rings. The number of hydrogen-bond acceptors (Lipinski definition) is 5. The van der Waals surface area contributed by atoms with Gasteiger partial charge in [0, 0.05) is 36.1 Å². The molecule has 1 aromatic heterocycles. The molecule has 0 spiro atoms. The standard InChI is InChI=1S/C23H26N4O3/c1-14-21(18-13-17(29-3)9-10-20(18)30-4)25-26-22(14)23(28)24-16-8-7-15-6-5-11-27(2)19(15)12-16/h7-10,12-13H,5-6,11H2,1-4H3,(H,24,28)(H,25,26). The molecule has 2 aromatic carbocycles.